The Labute approximate surface area is 138 Å². The zero-order chi connectivity index (χ0) is 16.7. The normalized spacial score (nSPS) is 13.9. The monoisotopic (exact) mass is 317 g/mol. The summed E-state index contributed by atoms with van der Waals surface area (Å²) in [6.07, 6.45) is 4.46. The molecule has 5 nitrogen and oxygen atoms in total. The summed E-state index contributed by atoms with van der Waals surface area (Å²) in [5.41, 5.74) is 1.95. The Balaban J connectivity index is 1.99. The van der Waals surface area contributed by atoms with Crippen molar-refractivity contribution in [1.82, 2.24) is 5.32 Å². The van der Waals surface area contributed by atoms with Crippen molar-refractivity contribution in [1.29, 1.82) is 0 Å². The van der Waals surface area contributed by atoms with Crippen LogP contribution >= 0.6 is 0 Å². The van der Waals surface area contributed by atoms with E-state index in [2.05, 4.69) is 17.1 Å². The molecule has 126 valence electrons. The molecule has 0 atom stereocenters. The van der Waals surface area contributed by atoms with Crippen molar-refractivity contribution in [3.05, 3.63) is 24.3 Å². The van der Waals surface area contributed by atoms with Gasteiger partial charge in [0.25, 0.3) is 0 Å². The number of carbonyl (C=O) groups is 2. The van der Waals surface area contributed by atoms with Crippen LogP contribution < -0.4 is 15.1 Å². The third-order valence-corrected chi connectivity index (χ3v) is 4.17. The summed E-state index contributed by atoms with van der Waals surface area (Å²) >= 11 is 0. The summed E-state index contributed by atoms with van der Waals surface area (Å²) in [5.74, 6) is -0.234. The highest BCUT2D eigenvalue weighted by atomic mass is 16.2. The van der Waals surface area contributed by atoms with E-state index in [-0.39, 0.29) is 18.4 Å². The van der Waals surface area contributed by atoms with Gasteiger partial charge in [0, 0.05) is 37.9 Å². The SMILES string of the molecule is CCCCNC(=O)CN(C(C)=O)c1ccc(N2CCCC2)cc1. The number of nitrogens with one attached hydrogen (secondary N) is 1. The van der Waals surface area contributed by atoms with E-state index in [0.29, 0.717) is 6.54 Å². The standard InChI is InChI=1S/C18H27N3O2/c1-3-4-11-19-18(23)14-21(15(2)22)17-9-7-16(8-10-17)20-12-5-6-13-20/h7-10H,3-6,11-14H2,1-2H3,(H,19,23). The van der Waals surface area contributed by atoms with Gasteiger partial charge in [-0.15, -0.1) is 0 Å². The van der Waals surface area contributed by atoms with Crippen LogP contribution in [0.4, 0.5) is 11.4 Å². The summed E-state index contributed by atoms with van der Waals surface area (Å²) in [5, 5.41) is 2.85. The molecular weight excluding hydrogens is 290 g/mol. The number of hydrogen-bond donors (Lipinski definition) is 1. The van der Waals surface area contributed by atoms with Crippen molar-refractivity contribution in [2.45, 2.75) is 39.5 Å². The van der Waals surface area contributed by atoms with Crippen LogP contribution in [-0.4, -0.2) is 38.0 Å². The van der Waals surface area contributed by atoms with E-state index in [1.54, 1.807) is 0 Å². The van der Waals surface area contributed by atoms with Crippen molar-refractivity contribution in [2.24, 2.45) is 0 Å². The molecule has 5 heteroatoms. The first-order chi connectivity index (χ1) is 11.1. The average Bonchev–Trinajstić information content (AvgIpc) is 3.07. The minimum absolute atomic E-state index is 0.0715. The molecule has 23 heavy (non-hydrogen) atoms. The van der Waals surface area contributed by atoms with Crippen LogP contribution in [0.1, 0.15) is 39.5 Å². The van der Waals surface area contributed by atoms with Crippen LogP contribution in [0.5, 0.6) is 0 Å². The number of hydrogen-bond acceptors (Lipinski definition) is 3. The second kappa shape index (κ2) is 8.56. The molecule has 1 aromatic rings. The van der Waals surface area contributed by atoms with E-state index < -0.39 is 0 Å². The molecule has 1 saturated heterocycles. The van der Waals surface area contributed by atoms with Gasteiger partial charge in [-0.2, -0.15) is 0 Å². The molecule has 0 saturated carbocycles. The topological polar surface area (TPSA) is 52.7 Å². The number of anilines is 2. The van der Waals surface area contributed by atoms with Gasteiger partial charge in [-0.25, -0.2) is 0 Å². The van der Waals surface area contributed by atoms with Crippen LogP contribution in [0, 0.1) is 0 Å². The van der Waals surface area contributed by atoms with E-state index in [0.717, 1.165) is 31.6 Å². The molecule has 0 bridgehead atoms. The molecule has 2 rings (SSSR count). The second-order valence-electron chi connectivity index (χ2n) is 6.02. The third kappa shape index (κ3) is 4.98. The van der Waals surface area contributed by atoms with Gasteiger partial charge in [0.2, 0.25) is 11.8 Å². The Bertz CT molecular complexity index is 522. The van der Waals surface area contributed by atoms with Crippen LogP contribution in [-0.2, 0) is 9.59 Å². The molecule has 2 amide bonds. The van der Waals surface area contributed by atoms with Gasteiger partial charge in [-0.1, -0.05) is 13.3 Å². The molecule has 0 aliphatic carbocycles. The van der Waals surface area contributed by atoms with Crippen molar-refractivity contribution in [3.63, 3.8) is 0 Å². The van der Waals surface area contributed by atoms with Gasteiger partial charge in [0.15, 0.2) is 0 Å². The van der Waals surface area contributed by atoms with Crippen molar-refractivity contribution in [2.75, 3.05) is 36.0 Å². The minimum atomic E-state index is -0.121. The number of rotatable bonds is 7. The molecule has 1 aliphatic rings. The lowest BCUT2D eigenvalue weighted by atomic mass is 10.2. The molecular formula is C18H27N3O2. The summed E-state index contributed by atoms with van der Waals surface area (Å²) in [4.78, 5) is 27.7. The zero-order valence-corrected chi connectivity index (χ0v) is 14.2. The number of unbranched alkanes of at least 4 members (excludes halogenated alkanes) is 1. The minimum Gasteiger partial charge on any atom is -0.372 e. The van der Waals surface area contributed by atoms with E-state index in [9.17, 15) is 9.59 Å². The predicted molar refractivity (Wildman–Crippen MR) is 93.8 cm³/mol. The van der Waals surface area contributed by atoms with Crippen LogP contribution in [0.3, 0.4) is 0 Å². The molecule has 1 N–H and O–H groups in total. The zero-order valence-electron chi connectivity index (χ0n) is 14.2. The average molecular weight is 317 g/mol. The molecule has 1 heterocycles. The molecule has 0 spiro atoms. The maximum atomic E-state index is 12.0. The van der Waals surface area contributed by atoms with Crippen molar-refractivity contribution >= 4 is 23.2 Å². The molecule has 0 radical (unpaired) electrons. The lowest BCUT2D eigenvalue weighted by Gasteiger charge is -2.23. The van der Waals surface area contributed by atoms with Crippen LogP contribution in [0.25, 0.3) is 0 Å². The van der Waals surface area contributed by atoms with E-state index in [1.807, 2.05) is 24.3 Å². The fourth-order valence-electron chi connectivity index (χ4n) is 2.81. The van der Waals surface area contributed by atoms with Gasteiger partial charge >= 0.3 is 0 Å². The van der Waals surface area contributed by atoms with Gasteiger partial charge < -0.3 is 15.1 Å². The Morgan fingerprint density at radius 2 is 1.83 bits per heavy atom. The van der Waals surface area contributed by atoms with Crippen LogP contribution in [0.2, 0.25) is 0 Å². The van der Waals surface area contributed by atoms with Gasteiger partial charge in [0.05, 0.1) is 0 Å². The van der Waals surface area contributed by atoms with E-state index >= 15 is 0 Å². The summed E-state index contributed by atoms with van der Waals surface area (Å²) < 4.78 is 0. The fourth-order valence-corrected chi connectivity index (χ4v) is 2.81. The fraction of sp³-hybridized carbons (Fsp3) is 0.556. The Morgan fingerprint density at radius 3 is 2.39 bits per heavy atom. The van der Waals surface area contributed by atoms with Crippen molar-refractivity contribution < 1.29 is 9.59 Å². The largest absolute Gasteiger partial charge is 0.372 e. The van der Waals surface area contributed by atoms with E-state index in [1.165, 1.54) is 30.4 Å². The Kier molecular flexibility index (Phi) is 6.44. The quantitative estimate of drug-likeness (QED) is 0.786. The molecule has 0 aromatic heterocycles. The molecule has 1 aliphatic heterocycles. The number of benzene rings is 1. The summed E-state index contributed by atoms with van der Waals surface area (Å²) in [7, 11) is 0. The van der Waals surface area contributed by atoms with Gasteiger partial charge in [0.1, 0.15) is 6.54 Å². The van der Waals surface area contributed by atoms with Gasteiger partial charge in [-0.3, -0.25) is 9.59 Å². The highest BCUT2D eigenvalue weighted by Gasteiger charge is 2.17. The highest BCUT2D eigenvalue weighted by Crippen LogP contribution is 2.23. The molecule has 0 unspecified atom stereocenters. The van der Waals surface area contributed by atoms with E-state index in [4.69, 9.17) is 0 Å². The lowest BCUT2D eigenvalue weighted by Crippen LogP contribution is -2.40. The summed E-state index contributed by atoms with van der Waals surface area (Å²) in [6, 6.07) is 7.92. The number of amides is 2. The second-order valence-corrected chi connectivity index (χ2v) is 6.02. The first kappa shape index (κ1) is 17.3. The number of carbonyl (C=O) groups excluding carboxylic acids is 2. The van der Waals surface area contributed by atoms with Crippen molar-refractivity contribution in [3.8, 4) is 0 Å². The third-order valence-electron chi connectivity index (χ3n) is 4.17. The summed E-state index contributed by atoms with van der Waals surface area (Å²) in [6.45, 7) is 6.49. The maximum Gasteiger partial charge on any atom is 0.240 e. The highest BCUT2D eigenvalue weighted by molar-refractivity contribution is 5.97. The Hall–Kier alpha value is -2.04. The predicted octanol–water partition coefficient (Wildman–Crippen LogP) is 2.56. The smallest absolute Gasteiger partial charge is 0.240 e. The lowest BCUT2D eigenvalue weighted by molar-refractivity contribution is -0.123. The first-order valence-electron chi connectivity index (χ1n) is 8.51. The Morgan fingerprint density at radius 1 is 1.17 bits per heavy atom. The van der Waals surface area contributed by atoms with Gasteiger partial charge in [-0.05, 0) is 43.5 Å². The van der Waals surface area contributed by atoms with Crippen LogP contribution in [0.15, 0.2) is 24.3 Å². The molecule has 1 fully saturated rings. The maximum absolute atomic E-state index is 12.0. The first-order valence-corrected chi connectivity index (χ1v) is 8.51. The molecule has 1 aromatic carbocycles. The number of nitrogens with zero attached hydrogens (tertiary/aromatic N) is 2.